The molecule has 0 saturated carbocycles. The Kier molecular flexibility index (Phi) is 5.80. The molecule has 1 aromatic carbocycles. The second kappa shape index (κ2) is 7.61. The average Bonchev–Trinajstić information content (AvgIpc) is 2.85. The molecule has 2 rings (SSSR count). The summed E-state index contributed by atoms with van der Waals surface area (Å²) in [6.07, 6.45) is 2.35. The smallest absolute Gasteiger partial charge is 0.305 e. The quantitative estimate of drug-likeness (QED) is 0.847. The lowest BCUT2D eigenvalue weighted by atomic mass is 10.1. The predicted octanol–water partition coefficient (Wildman–Crippen LogP) is 3.65. The van der Waals surface area contributed by atoms with Crippen molar-refractivity contribution in [1.82, 2.24) is 9.88 Å². The van der Waals surface area contributed by atoms with Crippen LogP contribution in [0, 0.1) is 6.92 Å². The maximum absolute atomic E-state index is 11.8. The molecule has 0 spiro atoms. The van der Waals surface area contributed by atoms with Crippen LogP contribution < -0.4 is 9.61 Å². The van der Waals surface area contributed by atoms with Crippen LogP contribution in [-0.2, 0) is 6.54 Å². The van der Waals surface area contributed by atoms with Gasteiger partial charge in [-0.15, -0.1) is 0 Å². The highest BCUT2D eigenvalue weighted by Crippen LogP contribution is 2.28. The molecule has 0 fully saturated rings. The molecule has 5 heteroatoms. The van der Waals surface area contributed by atoms with Gasteiger partial charge in [0, 0.05) is 11.4 Å². The van der Waals surface area contributed by atoms with Crippen LogP contribution in [0.15, 0.2) is 23.0 Å². The Morgan fingerprint density at radius 1 is 1.36 bits per heavy atom. The molecule has 1 heterocycles. The fourth-order valence-corrected chi connectivity index (χ4v) is 3.42. The lowest BCUT2D eigenvalue weighted by Gasteiger charge is -2.16. The van der Waals surface area contributed by atoms with E-state index in [0.717, 1.165) is 40.5 Å². The number of benzene rings is 1. The number of aryl methyl sites for hydroxylation is 1. The molecule has 1 aromatic heterocycles. The second-order valence-corrected chi connectivity index (χ2v) is 6.66. The van der Waals surface area contributed by atoms with Crippen molar-refractivity contribution >= 4 is 11.3 Å². The van der Waals surface area contributed by atoms with Crippen LogP contribution in [0.25, 0.3) is 11.3 Å². The van der Waals surface area contributed by atoms with Crippen molar-refractivity contribution in [2.45, 2.75) is 33.2 Å². The van der Waals surface area contributed by atoms with E-state index in [-0.39, 0.29) is 4.87 Å². The van der Waals surface area contributed by atoms with Crippen molar-refractivity contribution in [2.24, 2.45) is 0 Å². The van der Waals surface area contributed by atoms with Gasteiger partial charge in [0.25, 0.3) is 0 Å². The molecule has 120 valence electrons. The molecule has 0 aliphatic heterocycles. The van der Waals surface area contributed by atoms with Gasteiger partial charge in [-0.05, 0) is 56.3 Å². The molecule has 0 amide bonds. The van der Waals surface area contributed by atoms with Crippen LogP contribution in [0.1, 0.15) is 30.2 Å². The molecular formula is C17H24N2O2S. The van der Waals surface area contributed by atoms with Gasteiger partial charge in [0.05, 0.1) is 12.8 Å². The Balaban J connectivity index is 2.28. The summed E-state index contributed by atoms with van der Waals surface area (Å²) in [7, 11) is 3.77. The van der Waals surface area contributed by atoms with E-state index in [4.69, 9.17) is 4.74 Å². The average molecular weight is 320 g/mol. The summed E-state index contributed by atoms with van der Waals surface area (Å²) in [5, 5.41) is 0. The zero-order valence-corrected chi connectivity index (χ0v) is 14.5. The molecule has 0 aliphatic rings. The molecule has 2 aromatic rings. The molecule has 0 radical (unpaired) electrons. The summed E-state index contributed by atoms with van der Waals surface area (Å²) in [5.74, 6) is 0.864. The number of nitrogens with one attached hydrogen (secondary N) is 1. The van der Waals surface area contributed by atoms with E-state index >= 15 is 0 Å². The lowest BCUT2D eigenvalue weighted by molar-refractivity contribution is 0.324. The Hall–Kier alpha value is -1.59. The standard InChI is InChI=1S/C17H24N2O2S/c1-5-6-9-19(3)11-15-16(18-17(20)22-15)13-7-8-14(21-4)12(2)10-13/h7-8,10H,5-6,9,11H2,1-4H3,(H,18,20). The van der Waals surface area contributed by atoms with Crippen LogP contribution >= 0.6 is 11.3 Å². The van der Waals surface area contributed by atoms with E-state index < -0.39 is 0 Å². The number of aromatic amines is 1. The van der Waals surface area contributed by atoms with Crippen LogP contribution in [0.3, 0.4) is 0 Å². The molecule has 4 nitrogen and oxygen atoms in total. The topological polar surface area (TPSA) is 45.3 Å². The van der Waals surface area contributed by atoms with E-state index in [1.54, 1.807) is 7.11 Å². The summed E-state index contributed by atoms with van der Waals surface area (Å²) in [4.78, 5) is 18.1. The number of ether oxygens (including phenoxy) is 1. The predicted molar refractivity (Wildman–Crippen MR) is 92.9 cm³/mol. The number of aromatic nitrogens is 1. The molecule has 0 saturated heterocycles. The van der Waals surface area contributed by atoms with Gasteiger partial charge in [-0.1, -0.05) is 24.7 Å². The lowest BCUT2D eigenvalue weighted by Crippen LogP contribution is -2.18. The summed E-state index contributed by atoms with van der Waals surface area (Å²) in [5.41, 5.74) is 3.04. The van der Waals surface area contributed by atoms with E-state index in [1.165, 1.54) is 24.2 Å². The highest BCUT2D eigenvalue weighted by molar-refractivity contribution is 7.09. The fraction of sp³-hybridized carbons (Fsp3) is 0.471. The highest BCUT2D eigenvalue weighted by Gasteiger charge is 2.13. The molecule has 0 atom stereocenters. The van der Waals surface area contributed by atoms with E-state index in [0.29, 0.717) is 0 Å². The van der Waals surface area contributed by atoms with Crippen molar-refractivity contribution in [3.63, 3.8) is 0 Å². The summed E-state index contributed by atoms with van der Waals surface area (Å²) >= 11 is 1.30. The Morgan fingerprint density at radius 3 is 2.77 bits per heavy atom. The zero-order chi connectivity index (χ0) is 16.1. The molecule has 0 bridgehead atoms. The third-order valence-electron chi connectivity index (χ3n) is 3.71. The Bertz CT molecular complexity index is 676. The van der Waals surface area contributed by atoms with E-state index in [1.807, 2.05) is 19.1 Å². The third kappa shape index (κ3) is 3.99. The number of hydrogen-bond donors (Lipinski definition) is 1. The highest BCUT2D eigenvalue weighted by atomic mass is 32.1. The van der Waals surface area contributed by atoms with Crippen molar-refractivity contribution in [1.29, 1.82) is 0 Å². The van der Waals surface area contributed by atoms with Gasteiger partial charge in [-0.2, -0.15) is 0 Å². The van der Waals surface area contributed by atoms with Crippen molar-refractivity contribution < 1.29 is 4.74 Å². The number of hydrogen-bond acceptors (Lipinski definition) is 4. The van der Waals surface area contributed by atoms with Crippen molar-refractivity contribution in [3.8, 4) is 17.0 Å². The van der Waals surface area contributed by atoms with Gasteiger partial charge in [0.2, 0.25) is 0 Å². The number of unbranched alkanes of at least 4 members (excludes halogenated alkanes) is 1. The van der Waals surface area contributed by atoms with Gasteiger partial charge in [0.1, 0.15) is 5.75 Å². The maximum atomic E-state index is 11.8. The minimum absolute atomic E-state index is 0.00219. The van der Waals surface area contributed by atoms with Gasteiger partial charge in [-0.3, -0.25) is 4.79 Å². The van der Waals surface area contributed by atoms with Crippen LogP contribution in [0.4, 0.5) is 0 Å². The monoisotopic (exact) mass is 320 g/mol. The minimum atomic E-state index is 0.00219. The number of nitrogens with zero attached hydrogens (tertiary/aromatic N) is 1. The van der Waals surface area contributed by atoms with Crippen molar-refractivity contribution in [3.05, 3.63) is 38.3 Å². The first kappa shape index (κ1) is 16.8. The molecule has 0 unspecified atom stereocenters. The number of rotatable bonds is 7. The van der Waals surface area contributed by atoms with Gasteiger partial charge in [-0.25, -0.2) is 0 Å². The largest absolute Gasteiger partial charge is 0.496 e. The van der Waals surface area contributed by atoms with Gasteiger partial charge >= 0.3 is 4.87 Å². The van der Waals surface area contributed by atoms with Crippen LogP contribution in [-0.4, -0.2) is 30.6 Å². The van der Waals surface area contributed by atoms with Gasteiger partial charge < -0.3 is 14.6 Å². The molecular weight excluding hydrogens is 296 g/mol. The number of H-pyrrole nitrogens is 1. The Morgan fingerprint density at radius 2 is 2.14 bits per heavy atom. The SMILES string of the molecule is CCCCN(C)Cc1sc(=O)[nH]c1-c1ccc(OC)c(C)c1. The van der Waals surface area contributed by atoms with Crippen molar-refractivity contribution in [2.75, 3.05) is 20.7 Å². The summed E-state index contributed by atoms with van der Waals surface area (Å²) in [6, 6.07) is 6.01. The van der Waals surface area contributed by atoms with Crippen LogP contribution in [0.2, 0.25) is 0 Å². The maximum Gasteiger partial charge on any atom is 0.305 e. The Labute approximate surface area is 135 Å². The van der Waals surface area contributed by atoms with Gasteiger partial charge in [0.15, 0.2) is 0 Å². The van der Waals surface area contributed by atoms with E-state index in [9.17, 15) is 4.79 Å². The second-order valence-electron chi connectivity index (χ2n) is 5.59. The first-order valence-corrected chi connectivity index (χ1v) is 8.42. The third-order valence-corrected chi connectivity index (χ3v) is 4.58. The molecule has 22 heavy (non-hydrogen) atoms. The van der Waals surface area contributed by atoms with E-state index in [2.05, 4.69) is 29.9 Å². The summed E-state index contributed by atoms with van der Waals surface area (Å²) in [6.45, 7) is 6.04. The molecule has 1 N–H and O–H groups in total. The van der Waals surface area contributed by atoms with Crippen LogP contribution in [0.5, 0.6) is 5.75 Å². The minimum Gasteiger partial charge on any atom is -0.496 e. The summed E-state index contributed by atoms with van der Waals surface area (Å²) < 4.78 is 5.30. The first-order valence-electron chi connectivity index (χ1n) is 7.60. The normalized spacial score (nSPS) is 11.1. The molecule has 0 aliphatic carbocycles. The fourth-order valence-electron chi connectivity index (χ4n) is 2.49. The zero-order valence-electron chi connectivity index (χ0n) is 13.7. The first-order chi connectivity index (χ1) is 10.5. The number of thiazole rings is 1. The number of methoxy groups -OCH3 is 1.